The Kier molecular flexibility index (Phi) is 4.25. The first-order valence-corrected chi connectivity index (χ1v) is 7.91. The molecule has 0 atom stereocenters. The van der Waals surface area contributed by atoms with Gasteiger partial charge in [0.2, 0.25) is 5.91 Å². The van der Waals surface area contributed by atoms with E-state index in [0.717, 1.165) is 16.6 Å². The maximum absolute atomic E-state index is 12.5. The Hall–Kier alpha value is -2.82. The molecule has 24 heavy (non-hydrogen) atoms. The molecule has 0 aliphatic rings. The summed E-state index contributed by atoms with van der Waals surface area (Å²) in [6.07, 6.45) is 0. The molecule has 2 aromatic carbocycles. The second-order valence-corrected chi connectivity index (χ2v) is 6.15. The van der Waals surface area contributed by atoms with Crippen molar-refractivity contribution < 1.29 is 4.79 Å². The van der Waals surface area contributed by atoms with E-state index in [2.05, 4.69) is 0 Å². The summed E-state index contributed by atoms with van der Waals surface area (Å²) in [5.74, 6) is -0.0889. The first kappa shape index (κ1) is 16.1. The standard InChI is InChI=1S/C19H21N3O2/c1-14-8-10-15(11-9-14)12-20(2)18(23)13-22-17-7-5-4-6-16(17)21(3)19(22)24/h4-11H,12-13H2,1-3H3. The average molecular weight is 323 g/mol. The molecule has 124 valence electrons. The molecule has 0 aliphatic carbocycles. The molecule has 5 heteroatoms. The fraction of sp³-hybridized carbons (Fsp3) is 0.263. The third kappa shape index (κ3) is 2.97. The van der Waals surface area contributed by atoms with E-state index >= 15 is 0 Å². The maximum Gasteiger partial charge on any atom is 0.329 e. The van der Waals surface area contributed by atoms with Crippen molar-refractivity contribution in [3.8, 4) is 0 Å². The van der Waals surface area contributed by atoms with Crippen molar-refractivity contribution in [2.45, 2.75) is 20.0 Å². The highest BCUT2D eigenvalue weighted by Crippen LogP contribution is 2.12. The lowest BCUT2D eigenvalue weighted by molar-refractivity contribution is -0.131. The van der Waals surface area contributed by atoms with Crippen LogP contribution in [0.5, 0.6) is 0 Å². The van der Waals surface area contributed by atoms with Crippen LogP contribution in [0.4, 0.5) is 0 Å². The Bertz CT molecular complexity index is 935. The van der Waals surface area contributed by atoms with Gasteiger partial charge in [0, 0.05) is 20.6 Å². The summed E-state index contributed by atoms with van der Waals surface area (Å²) in [5, 5.41) is 0. The second-order valence-electron chi connectivity index (χ2n) is 6.15. The summed E-state index contributed by atoms with van der Waals surface area (Å²) < 4.78 is 3.10. The van der Waals surface area contributed by atoms with Crippen molar-refractivity contribution in [3.05, 3.63) is 70.1 Å². The van der Waals surface area contributed by atoms with Crippen LogP contribution in [0.15, 0.2) is 53.3 Å². The zero-order chi connectivity index (χ0) is 17.3. The highest BCUT2D eigenvalue weighted by Gasteiger charge is 2.16. The lowest BCUT2D eigenvalue weighted by Crippen LogP contribution is -2.33. The van der Waals surface area contributed by atoms with E-state index in [1.54, 1.807) is 23.6 Å². The van der Waals surface area contributed by atoms with Crippen molar-refractivity contribution in [3.63, 3.8) is 0 Å². The quantitative estimate of drug-likeness (QED) is 0.740. The molecule has 0 unspecified atom stereocenters. The Morgan fingerprint density at radius 3 is 2.33 bits per heavy atom. The van der Waals surface area contributed by atoms with Gasteiger partial charge in [-0.25, -0.2) is 4.79 Å². The van der Waals surface area contributed by atoms with Gasteiger partial charge < -0.3 is 4.90 Å². The minimum atomic E-state index is -0.173. The van der Waals surface area contributed by atoms with Crippen molar-refractivity contribution >= 4 is 16.9 Å². The van der Waals surface area contributed by atoms with Crippen LogP contribution in [-0.4, -0.2) is 27.0 Å². The van der Waals surface area contributed by atoms with Crippen LogP contribution in [0, 0.1) is 6.92 Å². The van der Waals surface area contributed by atoms with Crippen molar-refractivity contribution in [1.29, 1.82) is 0 Å². The number of carbonyl (C=O) groups is 1. The maximum atomic E-state index is 12.5. The minimum Gasteiger partial charge on any atom is -0.340 e. The lowest BCUT2D eigenvalue weighted by Gasteiger charge is -2.17. The van der Waals surface area contributed by atoms with Gasteiger partial charge in [0.15, 0.2) is 0 Å². The molecule has 1 amide bonds. The molecule has 0 saturated heterocycles. The first-order valence-electron chi connectivity index (χ1n) is 7.91. The molecule has 3 rings (SSSR count). The molecule has 1 aromatic heterocycles. The van der Waals surface area contributed by atoms with Crippen molar-refractivity contribution in [2.24, 2.45) is 7.05 Å². The summed E-state index contributed by atoms with van der Waals surface area (Å²) in [5.41, 5.74) is 3.70. The molecular formula is C19H21N3O2. The van der Waals surface area contributed by atoms with E-state index in [4.69, 9.17) is 0 Å². The van der Waals surface area contributed by atoms with Crippen LogP contribution >= 0.6 is 0 Å². The van der Waals surface area contributed by atoms with E-state index in [9.17, 15) is 9.59 Å². The van der Waals surface area contributed by atoms with Crippen LogP contribution in [0.2, 0.25) is 0 Å². The highest BCUT2D eigenvalue weighted by atomic mass is 16.2. The third-order valence-corrected chi connectivity index (χ3v) is 4.31. The van der Waals surface area contributed by atoms with Gasteiger partial charge in [0.25, 0.3) is 0 Å². The number of aryl methyl sites for hydroxylation is 2. The number of benzene rings is 2. The largest absolute Gasteiger partial charge is 0.340 e. The monoisotopic (exact) mass is 323 g/mol. The fourth-order valence-corrected chi connectivity index (χ4v) is 2.83. The van der Waals surface area contributed by atoms with Crippen LogP contribution in [0.25, 0.3) is 11.0 Å². The minimum absolute atomic E-state index is 0.0442. The number of amides is 1. The van der Waals surface area contributed by atoms with Gasteiger partial charge in [-0.05, 0) is 24.6 Å². The number of rotatable bonds is 4. The van der Waals surface area contributed by atoms with E-state index in [0.29, 0.717) is 6.54 Å². The Balaban J connectivity index is 1.81. The van der Waals surface area contributed by atoms with Crippen LogP contribution < -0.4 is 5.69 Å². The van der Waals surface area contributed by atoms with E-state index < -0.39 is 0 Å². The smallest absolute Gasteiger partial charge is 0.329 e. The molecule has 0 spiro atoms. The van der Waals surface area contributed by atoms with Gasteiger partial charge in [0.05, 0.1) is 11.0 Å². The molecule has 3 aromatic rings. The lowest BCUT2D eigenvalue weighted by atomic mass is 10.1. The fourth-order valence-electron chi connectivity index (χ4n) is 2.83. The summed E-state index contributed by atoms with van der Waals surface area (Å²) >= 11 is 0. The number of fused-ring (bicyclic) bond motifs is 1. The molecule has 1 heterocycles. The van der Waals surface area contributed by atoms with Crippen molar-refractivity contribution in [1.82, 2.24) is 14.0 Å². The number of aromatic nitrogens is 2. The van der Waals surface area contributed by atoms with Gasteiger partial charge in [0.1, 0.15) is 6.54 Å². The SMILES string of the molecule is Cc1ccc(CN(C)C(=O)Cn2c(=O)n(C)c3ccccc32)cc1. The average Bonchev–Trinajstić information content (AvgIpc) is 2.82. The van der Waals surface area contributed by atoms with Crippen molar-refractivity contribution in [2.75, 3.05) is 7.05 Å². The second kappa shape index (κ2) is 6.35. The van der Waals surface area contributed by atoms with E-state index in [-0.39, 0.29) is 18.1 Å². The number of likely N-dealkylation sites (N-methyl/N-ethyl adjacent to an activating group) is 1. The van der Waals surface area contributed by atoms with Crippen LogP contribution in [0.1, 0.15) is 11.1 Å². The summed E-state index contributed by atoms with van der Waals surface area (Å²) in [4.78, 5) is 26.6. The van der Waals surface area contributed by atoms with Crippen LogP contribution in [0.3, 0.4) is 0 Å². The van der Waals surface area contributed by atoms with Gasteiger partial charge >= 0.3 is 5.69 Å². The molecule has 0 aliphatic heterocycles. The van der Waals surface area contributed by atoms with E-state index in [1.807, 2.05) is 55.5 Å². The number of carbonyl (C=O) groups excluding carboxylic acids is 1. The predicted octanol–water partition coefficient (Wildman–Crippen LogP) is 2.31. The Morgan fingerprint density at radius 2 is 1.67 bits per heavy atom. The normalized spacial score (nSPS) is 11.0. The molecule has 0 N–H and O–H groups in total. The zero-order valence-electron chi connectivity index (χ0n) is 14.2. The first-order chi connectivity index (χ1) is 11.5. The number of imidazole rings is 1. The number of nitrogens with zero attached hydrogens (tertiary/aromatic N) is 3. The number of hydrogen-bond donors (Lipinski definition) is 0. The molecule has 5 nitrogen and oxygen atoms in total. The van der Waals surface area contributed by atoms with Gasteiger partial charge in [-0.1, -0.05) is 42.0 Å². The number of para-hydroxylation sites is 2. The highest BCUT2D eigenvalue weighted by molar-refractivity contribution is 5.80. The number of hydrogen-bond acceptors (Lipinski definition) is 2. The molecule has 0 fully saturated rings. The summed E-state index contributed by atoms with van der Waals surface area (Å²) in [6, 6.07) is 15.6. The van der Waals surface area contributed by atoms with Gasteiger partial charge in [-0.3, -0.25) is 13.9 Å². The Labute approximate surface area is 140 Å². The van der Waals surface area contributed by atoms with E-state index in [1.165, 1.54) is 10.1 Å². The third-order valence-electron chi connectivity index (χ3n) is 4.31. The molecule has 0 saturated carbocycles. The van der Waals surface area contributed by atoms with Crippen LogP contribution in [-0.2, 0) is 24.9 Å². The predicted molar refractivity (Wildman–Crippen MR) is 94.8 cm³/mol. The Morgan fingerprint density at radius 1 is 1.04 bits per heavy atom. The summed E-state index contributed by atoms with van der Waals surface area (Å²) in [6.45, 7) is 2.60. The molecule has 0 bridgehead atoms. The molecular weight excluding hydrogens is 302 g/mol. The summed E-state index contributed by atoms with van der Waals surface area (Å²) in [7, 11) is 3.49. The zero-order valence-corrected chi connectivity index (χ0v) is 14.2. The molecule has 0 radical (unpaired) electrons. The topological polar surface area (TPSA) is 47.2 Å². The van der Waals surface area contributed by atoms with Gasteiger partial charge in [-0.15, -0.1) is 0 Å². The van der Waals surface area contributed by atoms with Gasteiger partial charge in [-0.2, -0.15) is 0 Å².